The zero-order chi connectivity index (χ0) is 44.5. The van der Waals surface area contributed by atoms with E-state index in [1.54, 1.807) is 53.7 Å². The van der Waals surface area contributed by atoms with Crippen LogP contribution >= 0.6 is 23.2 Å². The van der Waals surface area contributed by atoms with E-state index < -0.39 is 69.8 Å². The number of alkyl halides is 6. The number of phenolic OH excluding ortho intramolecular Hbond substituents is 6. The van der Waals surface area contributed by atoms with Crippen molar-refractivity contribution in [3.05, 3.63) is 103 Å². The van der Waals surface area contributed by atoms with E-state index in [4.69, 9.17) is 23.2 Å². The number of phenols is 6. The Balaban J connectivity index is 1.70. The summed E-state index contributed by atoms with van der Waals surface area (Å²) in [6, 6.07) is 8.03. The van der Waals surface area contributed by atoms with Crippen LogP contribution in [0.5, 0.6) is 34.5 Å². The third-order valence-corrected chi connectivity index (χ3v) is 10.8. The molecular weight excluding hydrogens is 837 g/mol. The van der Waals surface area contributed by atoms with Crippen molar-refractivity contribution in [1.82, 2.24) is 0 Å². The number of hydrogen-bond acceptors (Lipinski definition) is 8. The molecular formula is C44H36Cl2F6N2O6. The van der Waals surface area contributed by atoms with Crippen LogP contribution in [0.1, 0.15) is 84.0 Å². The topological polar surface area (TPSA) is 146 Å². The Labute approximate surface area is 349 Å². The maximum Gasteiger partial charge on any atom is 0.416 e. The molecule has 0 atom stereocenters. The molecule has 16 heteroatoms. The molecule has 0 unspecified atom stereocenters. The molecule has 6 rings (SSSR count). The number of aliphatic imine (C=N–C) groups is 2. The van der Waals surface area contributed by atoms with E-state index >= 15 is 0 Å². The average molecular weight is 874 g/mol. The van der Waals surface area contributed by atoms with Crippen molar-refractivity contribution in [2.24, 2.45) is 9.98 Å². The fourth-order valence-corrected chi connectivity index (χ4v) is 7.80. The summed E-state index contributed by atoms with van der Waals surface area (Å²) in [7, 11) is 0. The molecule has 60 heavy (non-hydrogen) atoms. The number of hydrogen-bond donors (Lipinski definition) is 6. The fraction of sp³-hybridized carbons (Fsp3) is 0.227. The lowest BCUT2D eigenvalue weighted by atomic mass is 9.83. The lowest BCUT2D eigenvalue weighted by Gasteiger charge is -2.23. The van der Waals surface area contributed by atoms with Gasteiger partial charge in [0.05, 0.1) is 43.7 Å². The first-order valence-electron chi connectivity index (χ1n) is 18.2. The number of fused-ring (bicyclic) bond motifs is 2. The Bertz CT molecular complexity index is 2630. The summed E-state index contributed by atoms with van der Waals surface area (Å²) in [5.41, 5.74) is -2.41. The summed E-state index contributed by atoms with van der Waals surface area (Å²) in [5.74, 6) is -4.73. The zero-order valence-electron chi connectivity index (χ0n) is 32.5. The Morgan fingerprint density at radius 3 is 1.15 bits per heavy atom. The van der Waals surface area contributed by atoms with E-state index in [1.165, 1.54) is 0 Å². The van der Waals surface area contributed by atoms with E-state index in [2.05, 4.69) is 9.98 Å². The van der Waals surface area contributed by atoms with E-state index in [0.717, 1.165) is 36.7 Å². The van der Waals surface area contributed by atoms with Crippen LogP contribution in [0.4, 0.5) is 37.7 Å². The minimum Gasteiger partial charge on any atom is -0.507 e. The van der Waals surface area contributed by atoms with Crippen LogP contribution in [-0.4, -0.2) is 43.1 Å². The van der Waals surface area contributed by atoms with Gasteiger partial charge >= 0.3 is 12.4 Å². The molecule has 0 aromatic heterocycles. The minimum atomic E-state index is -4.74. The fourth-order valence-electron chi connectivity index (χ4n) is 7.47. The summed E-state index contributed by atoms with van der Waals surface area (Å²) in [5, 5.41) is 69.9. The monoisotopic (exact) mass is 872 g/mol. The first kappa shape index (κ1) is 43.7. The number of rotatable bonds is 7. The molecule has 6 N–H and O–H groups in total. The normalized spacial score (nSPS) is 12.7. The third-order valence-electron chi connectivity index (χ3n) is 10.2. The summed E-state index contributed by atoms with van der Waals surface area (Å²) in [4.78, 5) is 8.24. The second-order valence-corrected chi connectivity index (χ2v) is 15.7. The largest absolute Gasteiger partial charge is 0.507 e. The SMILES string of the molecule is Cc1cc2c(C(C)C)c(O)c(O)c(C=Nc3cc(C(F)(F)F)ccc3Cl)c2c(O)c1-c1c(C)cc2c(C(C)C)c(O)c(O)c(C=Nc3cc(C(F)(F)F)ccc3Cl)c2c1O. The number of aryl methyl sites for hydroxylation is 2. The van der Waals surface area contributed by atoms with Crippen LogP contribution < -0.4 is 0 Å². The van der Waals surface area contributed by atoms with E-state index in [1.807, 2.05) is 0 Å². The molecule has 0 heterocycles. The van der Waals surface area contributed by atoms with Crippen molar-refractivity contribution < 1.29 is 57.0 Å². The third kappa shape index (κ3) is 7.58. The highest BCUT2D eigenvalue weighted by Gasteiger charge is 2.33. The van der Waals surface area contributed by atoms with Gasteiger partial charge in [0.2, 0.25) is 0 Å². The van der Waals surface area contributed by atoms with Gasteiger partial charge in [-0.2, -0.15) is 26.3 Å². The van der Waals surface area contributed by atoms with E-state index in [9.17, 15) is 57.0 Å². The molecule has 0 amide bonds. The van der Waals surface area contributed by atoms with Gasteiger partial charge in [-0.3, -0.25) is 9.98 Å². The van der Waals surface area contributed by atoms with Crippen LogP contribution in [0.15, 0.2) is 58.5 Å². The Hall–Kier alpha value is -5.86. The summed E-state index contributed by atoms with van der Waals surface area (Å²) in [6.07, 6.45) is -7.60. The molecule has 0 aliphatic rings. The van der Waals surface area contributed by atoms with Gasteiger partial charge < -0.3 is 30.6 Å². The highest BCUT2D eigenvalue weighted by Crippen LogP contribution is 2.54. The number of halogens is 8. The van der Waals surface area contributed by atoms with Crippen LogP contribution in [-0.2, 0) is 12.4 Å². The van der Waals surface area contributed by atoms with Crippen LogP contribution in [0.25, 0.3) is 32.7 Å². The van der Waals surface area contributed by atoms with Gasteiger partial charge in [0.1, 0.15) is 11.5 Å². The van der Waals surface area contributed by atoms with Crippen molar-refractivity contribution in [2.45, 2.75) is 65.7 Å². The molecule has 6 aromatic carbocycles. The number of aromatic hydroxyl groups is 6. The highest BCUT2D eigenvalue weighted by atomic mass is 35.5. The van der Waals surface area contributed by atoms with Crippen molar-refractivity contribution in [3.8, 4) is 45.6 Å². The highest BCUT2D eigenvalue weighted by molar-refractivity contribution is 6.33. The van der Waals surface area contributed by atoms with Crippen molar-refractivity contribution >= 4 is 68.6 Å². The minimum absolute atomic E-state index is 0.0200. The van der Waals surface area contributed by atoms with Gasteiger partial charge in [-0.25, -0.2) is 0 Å². The Kier molecular flexibility index (Phi) is 11.4. The van der Waals surface area contributed by atoms with Crippen molar-refractivity contribution in [1.29, 1.82) is 0 Å². The Morgan fingerprint density at radius 2 is 0.850 bits per heavy atom. The van der Waals surface area contributed by atoms with Crippen LogP contribution in [0.2, 0.25) is 10.0 Å². The number of benzene rings is 6. The van der Waals surface area contributed by atoms with Crippen LogP contribution in [0, 0.1) is 13.8 Å². The smallest absolute Gasteiger partial charge is 0.416 e. The van der Waals surface area contributed by atoms with Crippen LogP contribution in [0.3, 0.4) is 0 Å². The number of nitrogens with zero attached hydrogens (tertiary/aromatic N) is 2. The van der Waals surface area contributed by atoms with Gasteiger partial charge in [-0.05, 0) is 84.0 Å². The molecule has 0 fully saturated rings. The molecule has 0 bridgehead atoms. The zero-order valence-corrected chi connectivity index (χ0v) is 34.0. The van der Waals surface area contributed by atoms with Crippen molar-refractivity contribution in [2.75, 3.05) is 0 Å². The van der Waals surface area contributed by atoms with E-state index in [0.29, 0.717) is 23.3 Å². The molecule has 0 spiro atoms. The predicted molar refractivity (Wildman–Crippen MR) is 222 cm³/mol. The quantitative estimate of drug-likeness (QED) is 0.0535. The average Bonchev–Trinajstić information content (AvgIpc) is 3.13. The Morgan fingerprint density at radius 1 is 0.517 bits per heavy atom. The standard InChI is InChI=1S/C44H36Cl2F6N2O6/c1-17(2)31-23-11-19(5)33(39(57)35(23)25(37(55)41(31)59)15-53-29-13-21(43(47,48)49)7-9-27(29)45)34-20(6)12-24-32(18(3)4)42(60)38(56)26(36(24)40(34)58)16-54-30-14-22(44(50,51)52)8-10-28(30)46/h7-18,55-60H,1-6H3. The molecule has 0 saturated heterocycles. The van der Waals surface area contributed by atoms with E-state index in [-0.39, 0.29) is 76.3 Å². The second-order valence-electron chi connectivity index (χ2n) is 14.9. The molecule has 8 nitrogen and oxygen atoms in total. The first-order chi connectivity index (χ1) is 27.9. The van der Waals surface area contributed by atoms with Crippen molar-refractivity contribution in [3.63, 3.8) is 0 Å². The van der Waals surface area contributed by atoms with Gasteiger partial charge in [-0.1, -0.05) is 63.0 Å². The van der Waals surface area contributed by atoms with Gasteiger partial charge in [0.15, 0.2) is 23.0 Å². The lowest BCUT2D eigenvalue weighted by molar-refractivity contribution is -0.138. The second kappa shape index (κ2) is 15.6. The summed E-state index contributed by atoms with van der Waals surface area (Å²) >= 11 is 12.4. The predicted octanol–water partition coefficient (Wildman–Crippen LogP) is 13.6. The van der Waals surface area contributed by atoms with Gasteiger partial charge in [-0.15, -0.1) is 0 Å². The summed E-state index contributed by atoms with van der Waals surface area (Å²) < 4.78 is 81.5. The maximum absolute atomic E-state index is 13.6. The molecule has 0 saturated carbocycles. The molecule has 0 radical (unpaired) electrons. The molecule has 0 aliphatic carbocycles. The lowest BCUT2D eigenvalue weighted by Crippen LogP contribution is -2.04. The van der Waals surface area contributed by atoms with Gasteiger partial charge in [0.25, 0.3) is 0 Å². The molecule has 0 aliphatic heterocycles. The molecule has 314 valence electrons. The summed E-state index contributed by atoms with van der Waals surface area (Å²) in [6.45, 7) is 10.0. The van der Waals surface area contributed by atoms with Gasteiger partial charge in [0, 0.05) is 45.5 Å². The molecule has 6 aromatic rings. The first-order valence-corrected chi connectivity index (χ1v) is 18.9. The maximum atomic E-state index is 13.6.